The van der Waals surface area contributed by atoms with Crippen LogP contribution in [0.2, 0.25) is 0 Å². The average Bonchev–Trinajstić information content (AvgIpc) is 2.43. The molecule has 0 heterocycles. The molecule has 1 atom stereocenters. The van der Waals surface area contributed by atoms with Crippen molar-refractivity contribution in [1.82, 2.24) is 0 Å². The summed E-state index contributed by atoms with van der Waals surface area (Å²) in [7, 11) is 0. The van der Waals surface area contributed by atoms with Crippen LogP contribution in [-0.4, -0.2) is 0 Å². The maximum absolute atomic E-state index is 13.7. The van der Waals surface area contributed by atoms with Gasteiger partial charge in [-0.2, -0.15) is 5.26 Å². The second-order valence-corrected chi connectivity index (χ2v) is 4.34. The van der Waals surface area contributed by atoms with Crippen molar-refractivity contribution >= 4 is 5.69 Å². The van der Waals surface area contributed by atoms with Gasteiger partial charge in [0.15, 0.2) is 11.6 Å². The van der Waals surface area contributed by atoms with Crippen molar-refractivity contribution in [3.8, 4) is 6.07 Å². The molecule has 5 heteroatoms. The normalized spacial score (nSPS) is 11.8. The van der Waals surface area contributed by atoms with Crippen molar-refractivity contribution in [1.29, 1.82) is 5.26 Å². The van der Waals surface area contributed by atoms with Crippen LogP contribution in [0.15, 0.2) is 36.4 Å². The van der Waals surface area contributed by atoms with E-state index < -0.39 is 17.7 Å². The Morgan fingerprint density at radius 3 is 2.10 bits per heavy atom. The largest absolute Gasteiger partial charge is 0.374 e. The predicted molar refractivity (Wildman–Crippen MR) is 69.5 cm³/mol. The van der Waals surface area contributed by atoms with E-state index in [-0.39, 0.29) is 17.1 Å². The molecule has 0 saturated carbocycles. The van der Waals surface area contributed by atoms with Gasteiger partial charge in [0.1, 0.15) is 11.5 Å². The van der Waals surface area contributed by atoms with Gasteiger partial charge in [-0.05, 0) is 36.8 Å². The topological polar surface area (TPSA) is 35.8 Å². The number of benzene rings is 2. The number of rotatable bonds is 3. The van der Waals surface area contributed by atoms with Crippen LogP contribution in [0.4, 0.5) is 18.9 Å². The number of halogens is 3. The van der Waals surface area contributed by atoms with Crippen molar-refractivity contribution in [3.05, 3.63) is 65.0 Å². The highest BCUT2D eigenvalue weighted by atomic mass is 19.1. The first kappa shape index (κ1) is 13.9. The van der Waals surface area contributed by atoms with E-state index in [9.17, 15) is 13.2 Å². The van der Waals surface area contributed by atoms with Gasteiger partial charge in [-0.3, -0.25) is 0 Å². The summed E-state index contributed by atoms with van der Waals surface area (Å²) in [6.07, 6.45) is 0. The highest BCUT2D eigenvalue weighted by Gasteiger charge is 2.14. The summed E-state index contributed by atoms with van der Waals surface area (Å²) in [5.41, 5.74) is 0.301. The molecule has 102 valence electrons. The summed E-state index contributed by atoms with van der Waals surface area (Å²) < 4.78 is 40.3. The van der Waals surface area contributed by atoms with Crippen LogP contribution < -0.4 is 5.32 Å². The molecular weight excluding hydrogens is 265 g/mol. The zero-order valence-electron chi connectivity index (χ0n) is 10.6. The van der Waals surface area contributed by atoms with E-state index in [1.807, 2.05) is 0 Å². The molecule has 0 amide bonds. The van der Waals surface area contributed by atoms with Gasteiger partial charge in [0, 0.05) is 6.04 Å². The molecule has 1 N–H and O–H groups in total. The molecule has 0 aromatic heterocycles. The highest BCUT2D eigenvalue weighted by Crippen LogP contribution is 2.25. The summed E-state index contributed by atoms with van der Waals surface area (Å²) in [5, 5.41) is 11.3. The van der Waals surface area contributed by atoms with Crippen LogP contribution >= 0.6 is 0 Å². The van der Waals surface area contributed by atoms with Gasteiger partial charge >= 0.3 is 0 Å². The fraction of sp³-hybridized carbons (Fsp3) is 0.133. The first-order valence-corrected chi connectivity index (χ1v) is 5.92. The molecule has 0 spiro atoms. The van der Waals surface area contributed by atoms with Gasteiger partial charge in [0.05, 0.1) is 11.6 Å². The lowest BCUT2D eigenvalue weighted by molar-refractivity contribution is 0.583. The van der Waals surface area contributed by atoms with E-state index in [0.717, 1.165) is 12.1 Å². The van der Waals surface area contributed by atoms with Crippen molar-refractivity contribution in [2.24, 2.45) is 0 Å². The van der Waals surface area contributed by atoms with Crippen molar-refractivity contribution in [3.63, 3.8) is 0 Å². The maximum Gasteiger partial charge on any atom is 0.150 e. The Labute approximate surface area is 114 Å². The molecular formula is C15H11F3N2. The Bertz CT molecular complexity index is 637. The quantitative estimate of drug-likeness (QED) is 0.914. The third kappa shape index (κ3) is 2.91. The van der Waals surface area contributed by atoms with Crippen LogP contribution in [0.1, 0.15) is 24.1 Å². The van der Waals surface area contributed by atoms with Crippen LogP contribution in [0, 0.1) is 28.8 Å². The smallest absolute Gasteiger partial charge is 0.150 e. The van der Waals surface area contributed by atoms with Crippen molar-refractivity contribution in [2.75, 3.05) is 5.32 Å². The predicted octanol–water partition coefficient (Wildman–Crippen LogP) is 4.15. The Hall–Kier alpha value is -2.48. The minimum absolute atomic E-state index is 0.0833. The average molecular weight is 276 g/mol. The number of hydrogen-bond donors (Lipinski definition) is 1. The first-order valence-electron chi connectivity index (χ1n) is 5.92. The van der Waals surface area contributed by atoms with Crippen LogP contribution in [0.25, 0.3) is 0 Å². The van der Waals surface area contributed by atoms with E-state index in [4.69, 9.17) is 5.26 Å². The number of nitriles is 1. The fourth-order valence-electron chi connectivity index (χ4n) is 1.83. The number of nitrogens with zero attached hydrogens (tertiary/aromatic N) is 1. The fourth-order valence-corrected chi connectivity index (χ4v) is 1.83. The van der Waals surface area contributed by atoms with Gasteiger partial charge in [-0.25, -0.2) is 13.2 Å². The molecule has 0 aliphatic heterocycles. The zero-order chi connectivity index (χ0) is 14.7. The summed E-state index contributed by atoms with van der Waals surface area (Å²) in [4.78, 5) is 0. The Kier molecular flexibility index (Phi) is 3.94. The standard InChI is InChI=1S/C15H11F3N2/c1-9(11-2-4-12(16)5-3-11)20-15-13(17)6-10(8-19)7-14(15)18/h2-7,9,20H,1H3. The van der Waals surface area contributed by atoms with Crippen molar-refractivity contribution < 1.29 is 13.2 Å². The van der Waals surface area contributed by atoms with Crippen LogP contribution in [0.5, 0.6) is 0 Å². The lowest BCUT2D eigenvalue weighted by atomic mass is 10.1. The van der Waals surface area contributed by atoms with E-state index >= 15 is 0 Å². The Morgan fingerprint density at radius 2 is 1.60 bits per heavy atom. The molecule has 0 aliphatic carbocycles. The van der Waals surface area contributed by atoms with E-state index in [0.29, 0.717) is 5.56 Å². The number of hydrogen-bond acceptors (Lipinski definition) is 2. The van der Waals surface area contributed by atoms with Gasteiger partial charge in [0.2, 0.25) is 0 Å². The summed E-state index contributed by atoms with van der Waals surface area (Å²) >= 11 is 0. The molecule has 0 radical (unpaired) electrons. The van der Waals surface area contributed by atoms with Gasteiger partial charge < -0.3 is 5.32 Å². The second-order valence-electron chi connectivity index (χ2n) is 4.34. The molecule has 1 unspecified atom stereocenters. The van der Waals surface area contributed by atoms with E-state index in [2.05, 4.69) is 5.32 Å². The molecule has 0 bridgehead atoms. The van der Waals surface area contributed by atoms with Crippen molar-refractivity contribution in [2.45, 2.75) is 13.0 Å². The summed E-state index contributed by atoms with van der Waals surface area (Å²) in [5.74, 6) is -2.05. The summed E-state index contributed by atoms with van der Waals surface area (Å²) in [6.45, 7) is 1.70. The Balaban J connectivity index is 2.26. The molecule has 0 aliphatic rings. The molecule has 20 heavy (non-hydrogen) atoms. The number of anilines is 1. The maximum atomic E-state index is 13.7. The third-order valence-electron chi connectivity index (χ3n) is 2.90. The van der Waals surface area contributed by atoms with Gasteiger partial charge in [0.25, 0.3) is 0 Å². The minimum atomic E-state index is -0.837. The monoisotopic (exact) mass is 276 g/mol. The molecule has 0 fully saturated rings. The first-order chi connectivity index (χ1) is 9.51. The third-order valence-corrected chi connectivity index (χ3v) is 2.90. The van der Waals surface area contributed by atoms with Crippen LogP contribution in [0.3, 0.4) is 0 Å². The van der Waals surface area contributed by atoms with Gasteiger partial charge in [-0.15, -0.1) is 0 Å². The molecule has 2 aromatic rings. The molecule has 2 rings (SSSR count). The number of nitrogens with one attached hydrogen (secondary N) is 1. The molecule has 0 saturated heterocycles. The SMILES string of the molecule is CC(Nc1c(F)cc(C#N)cc1F)c1ccc(F)cc1. The van der Waals surface area contributed by atoms with E-state index in [1.54, 1.807) is 13.0 Å². The molecule has 2 aromatic carbocycles. The Morgan fingerprint density at radius 1 is 1.05 bits per heavy atom. The lowest BCUT2D eigenvalue weighted by Crippen LogP contribution is -2.10. The second kappa shape index (κ2) is 5.66. The van der Waals surface area contributed by atoms with Gasteiger partial charge in [-0.1, -0.05) is 12.1 Å². The molecule has 2 nitrogen and oxygen atoms in total. The lowest BCUT2D eigenvalue weighted by Gasteiger charge is -2.17. The summed E-state index contributed by atoms with van der Waals surface area (Å²) in [6, 6.07) is 8.81. The zero-order valence-corrected chi connectivity index (χ0v) is 10.6. The van der Waals surface area contributed by atoms with Crippen LogP contribution in [-0.2, 0) is 0 Å². The highest BCUT2D eigenvalue weighted by molar-refractivity contribution is 5.51. The minimum Gasteiger partial charge on any atom is -0.374 e. The van der Waals surface area contributed by atoms with E-state index in [1.165, 1.54) is 24.3 Å².